The van der Waals surface area contributed by atoms with Gasteiger partial charge in [-0.05, 0) is 25.5 Å². The first-order chi connectivity index (χ1) is 9.66. The molecule has 110 valence electrons. The van der Waals surface area contributed by atoms with Gasteiger partial charge in [0.25, 0.3) is 5.69 Å². The average molecular weight is 280 g/mol. The molecule has 1 fully saturated rings. The number of aromatic nitrogens is 1. The fraction of sp³-hybridized carbons (Fsp3) is 0.615. The highest BCUT2D eigenvalue weighted by molar-refractivity contribution is 5.48. The third kappa shape index (κ3) is 4.14. The number of morpholine rings is 1. The highest BCUT2D eigenvalue weighted by Gasteiger charge is 2.11. The molecule has 2 heterocycles. The molecule has 0 bridgehead atoms. The first kappa shape index (κ1) is 14.7. The number of nitrogens with zero attached hydrogens (tertiary/aromatic N) is 3. The van der Waals surface area contributed by atoms with Crippen molar-refractivity contribution < 1.29 is 9.66 Å². The van der Waals surface area contributed by atoms with Crippen molar-refractivity contribution in [1.82, 2.24) is 9.88 Å². The zero-order valence-corrected chi connectivity index (χ0v) is 11.7. The van der Waals surface area contributed by atoms with Crippen molar-refractivity contribution in [2.45, 2.75) is 13.3 Å². The van der Waals surface area contributed by atoms with Crippen molar-refractivity contribution in [1.29, 1.82) is 0 Å². The Morgan fingerprint density at radius 1 is 1.50 bits per heavy atom. The maximum absolute atomic E-state index is 10.6. The molecule has 1 N–H and O–H groups in total. The summed E-state index contributed by atoms with van der Waals surface area (Å²) in [5.74, 6) is 0.720. The first-order valence-electron chi connectivity index (χ1n) is 6.82. The van der Waals surface area contributed by atoms with Crippen LogP contribution in [-0.2, 0) is 4.74 Å². The lowest BCUT2D eigenvalue weighted by Crippen LogP contribution is -2.37. The molecule has 1 aromatic heterocycles. The molecule has 20 heavy (non-hydrogen) atoms. The van der Waals surface area contributed by atoms with Crippen molar-refractivity contribution in [3.8, 4) is 0 Å². The van der Waals surface area contributed by atoms with Crippen molar-refractivity contribution >= 4 is 11.5 Å². The van der Waals surface area contributed by atoms with Gasteiger partial charge in [0.05, 0.1) is 18.1 Å². The highest BCUT2D eigenvalue weighted by atomic mass is 16.6. The number of aryl methyl sites for hydroxylation is 1. The normalized spacial score (nSPS) is 16.1. The molecule has 0 unspecified atom stereocenters. The van der Waals surface area contributed by atoms with Crippen molar-refractivity contribution in [3.05, 3.63) is 27.9 Å². The minimum absolute atomic E-state index is 0.0290. The van der Waals surface area contributed by atoms with Crippen LogP contribution in [0.2, 0.25) is 0 Å². The van der Waals surface area contributed by atoms with Gasteiger partial charge in [-0.2, -0.15) is 0 Å². The Balaban J connectivity index is 1.74. The van der Waals surface area contributed by atoms with E-state index in [0.717, 1.165) is 57.2 Å². The summed E-state index contributed by atoms with van der Waals surface area (Å²) in [6.07, 6.45) is 2.30. The minimum atomic E-state index is -0.428. The SMILES string of the molecule is Cc1cc([N+](=O)[O-])cnc1NCCCN1CCOCC1. The Labute approximate surface area is 118 Å². The summed E-state index contributed by atoms with van der Waals surface area (Å²) in [5.41, 5.74) is 0.826. The molecule has 0 aromatic carbocycles. The summed E-state index contributed by atoms with van der Waals surface area (Å²) >= 11 is 0. The maximum Gasteiger partial charge on any atom is 0.287 e. The van der Waals surface area contributed by atoms with Crippen molar-refractivity contribution in [2.24, 2.45) is 0 Å². The van der Waals surface area contributed by atoms with E-state index >= 15 is 0 Å². The van der Waals surface area contributed by atoms with E-state index in [0.29, 0.717) is 0 Å². The second kappa shape index (κ2) is 7.16. The third-order valence-corrected chi connectivity index (χ3v) is 3.32. The summed E-state index contributed by atoms with van der Waals surface area (Å²) in [6, 6.07) is 1.54. The molecule has 0 spiro atoms. The van der Waals surface area contributed by atoms with E-state index in [1.54, 1.807) is 0 Å². The van der Waals surface area contributed by atoms with E-state index in [1.807, 2.05) is 6.92 Å². The molecular weight excluding hydrogens is 260 g/mol. The lowest BCUT2D eigenvalue weighted by molar-refractivity contribution is -0.385. The van der Waals surface area contributed by atoms with Crippen LogP contribution < -0.4 is 5.32 Å². The highest BCUT2D eigenvalue weighted by Crippen LogP contribution is 2.17. The van der Waals surface area contributed by atoms with Crippen LogP contribution in [0.4, 0.5) is 11.5 Å². The van der Waals surface area contributed by atoms with E-state index in [2.05, 4.69) is 15.2 Å². The molecule has 0 amide bonds. The number of nitrogens with one attached hydrogen (secondary N) is 1. The van der Waals surface area contributed by atoms with E-state index in [1.165, 1.54) is 12.3 Å². The Bertz CT molecular complexity index is 461. The molecule has 1 aliphatic rings. The predicted octanol–water partition coefficient (Wildman–Crippen LogP) is 1.43. The van der Waals surface area contributed by atoms with Gasteiger partial charge >= 0.3 is 0 Å². The van der Waals surface area contributed by atoms with Crippen LogP contribution in [0.1, 0.15) is 12.0 Å². The minimum Gasteiger partial charge on any atom is -0.379 e. The Morgan fingerprint density at radius 2 is 2.25 bits per heavy atom. The van der Waals surface area contributed by atoms with Gasteiger partial charge in [-0.3, -0.25) is 15.0 Å². The third-order valence-electron chi connectivity index (χ3n) is 3.32. The maximum atomic E-state index is 10.6. The number of ether oxygens (including phenoxy) is 1. The number of rotatable bonds is 6. The smallest absolute Gasteiger partial charge is 0.287 e. The molecule has 0 saturated carbocycles. The number of nitro groups is 1. The molecule has 0 atom stereocenters. The molecule has 0 aliphatic carbocycles. The molecule has 1 aromatic rings. The second-order valence-corrected chi connectivity index (χ2v) is 4.85. The molecule has 1 saturated heterocycles. The van der Waals surface area contributed by atoms with Gasteiger partial charge in [0.2, 0.25) is 0 Å². The predicted molar refractivity (Wildman–Crippen MR) is 76.0 cm³/mol. The standard InChI is InChI=1S/C13H20N4O3/c1-11-9-12(17(18)19)10-15-13(11)14-3-2-4-16-5-7-20-8-6-16/h9-10H,2-8H2,1H3,(H,14,15). The fourth-order valence-electron chi connectivity index (χ4n) is 2.18. The van der Waals surface area contributed by atoms with Crippen molar-refractivity contribution in [3.63, 3.8) is 0 Å². The molecule has 7 heteroatoms. The van der Waals surface area contributed by atoms with Gasteiger partial charge in [0.15, 0.2) is 0 Å². The summed E-state index contributed by atoms with van der Waals surface area (Å²) in [4.78, 5) is 16.7. The van der Waals surface area contributed by atoms with Gasteiger partial charge in [-0.1, -0.05) is 0 Å². The average Bonchev–Trinajstić information content (AvgIpc) is 2.46. The van der Waals surface area contributed by atoms with Crippen LogP contribution in [0, 0.1) is 17.0 Å². The van der Waals surface area contributed by atoms with Crippen LogP contribution in [0.5, 0.6) is 0 Å². The van der Waals surface area contributed by atoms with Gasteiger partial charge in [-0.15, -0.1) is 0 Å². The summed E-state index contributed by atoms with van der Waals surface area (Å²) < 4.78 is 5.30. The number of hydrogen-bond acceptors (Lipinski definition) is 6. The van der Waals surface area contributed by atoms with Crippen LogP contribution in [0.25, 0.3) is 0 Å². The lowest BCUT2D eigenvalue weighted by atomic mass is 10.2. The molecule has 0 radical (unpaired) electrons. The largest absolute Gasteiger partial charge is 0.379 e. The Hall–Kier alpha value is -1.73. The van der Waals surface area contributed by atoms with E-state index < -0.39 is 4.92 Å². The topological polar surface area (TPSA) is 80.5 Å². The summed E-state index contributed by atoms with van der Waals surface area (Å²) in [5, 5.41) is 13.9. The van der Waals surface area contributed by atoms with Gasteiger partial charge in [0.1, 0.15) is 12.0 Å². The van der Waals surface area contributed by atoms with Gasteiger partial charge < -0.3 is 10.1 Å². The summed E-state index contributed by atoms with van der Waals surface area (Å²) in [7, 11) is 0. The van der Waals surface area contributed by atoms with E-state index in [4.69, 9.17) is 4.74 Å². The zero-order valence-electron chi connectivity index (χ0n) is 11.7. The molecular formula is C13H20N4O3. The molecule has 7 nitrogen and oxygen atoms in total. The monoisotopic (exact) mass is 280 g/mol. The van der Waals surface area contributed by atoms with E-state index in [-0.39, 0.29) is 5.69 Å². The summed E-state index contributed by atoms with van der Waals surface area (Å²) in [6.45, 7) is 7.28. The first-order valence-corrected chi connectivity index (χ1v) is 6.82. The van der Waals surface area contributed by atoms with Crippen LogP contribution in [0.15, 0.2) is 12.3 Å². The van der Waals surface area contributed by atoms with Crippen LogP contribution in [0.3, 0.4) is 0 Å². The van der Waals surface area contributed by atoms with Crippen molar-refractivity contribution in [2.75, 3.05) is 44.7 Å². The quantitative estimate of drug-likeness (QED) is 0.482. The molecule has 1 aliphatic heterocycles. The second-order valence-electron chi connectivity index (χ2n) is 4.85. The fourth-order valence-corrected chi connectivity index (χ4v) is 2.18. The Morgan fingerprint density at radius 3 is 2.90 bits per heavy atom. The molecule has 2 rings (SSSR count). The van der Waals surface area contributed by atoms with Crippen LogP contribution in [-0.4, -0.2) is 54.2 Å². The van der Waals surface area contributed by atoms with Gasteiger partial charge in [-0.25, -0.2) is 4.98 Å². The zero-order chi connectivity index (χ0) is 14.4. The van der Waals surface area contributed by atoms with Crippen LogP contribution >= 0.6 is 0 Å². The van der Waals surface area contributed by atoms with E-state index in [9.17, 15) is 10.1 Å². The number of hydrogen-bond donors (Lipinski definition) is 1. The number of pyridine rings is 1. The number of anilines is 1. The lowest BCUT2D eigenvalue weighted by Gasteiger charge is -2.26. The van der Waals surface area contributed by atoms with Gasteiger partial charge in [0, 0.05) is 25.7 Å². The Kier molecular flexibility index (Phi) is 5.25.